The minimum Gasteiger partial charge on any atom is -0.457 e. The minimum atomic E-state index is -0.926. The maximum absolute atomic E-state index is 11.0. The van der Waals surface area contributed by atoms with Crippen molar-refractivity contribution in [2.24, 2.45) is 5.92 Å². The summed E-state index contributed by atoms with van der Waals surface area (Å²) in [5, 5.41) is 11.0. The molecule has 0 aromatic heterocycles. The molecule has 0 saturated carbocycles. The summed E-state index contributed by atoms with van der Waals surface area (Å²) < 4.78 is 5.47. The van der Waals surface area contributed by atoms with Gasteiger partial charge in [0.1, 0.15) is 11.7 Å². The van der Waals surface area contributed by atoms with Gasteiger partial charge in [-0.2, -0.15) is 0 Å². The summed E-state index contributed by atoms with van der Waals surface area (Å²) in [5.74, 6) is 0.0844. The fourth-order valence-corrected chi connectivity index (χ4v) is 2.72. The molecule has 1 aromatic rings. The first kappa shape index (κ1) is 12.6. The van der Waals surface area contributed by atoms with Crippen LogP contribution in [-0.4, -0.2) is 36.3 Å². The lowest BCUT2D eigenvalue weighted by molar-refractivity contribution is -0.163. The Morgan fingerprint density at radius 1 is 1.35 bits per heavy atom. The number of likely N-dealkylation sites (tertiary alicyclic amines) is 1. The number of nitrogens with zero attached hydrogens (tertiary/aromatic N) is 1. The molecule has 1 aliphatic rings. The number of rotatable bonds is 2. The lowest BCUT2D eigenvalue weighted by Crippen LogP contribution is -2.57. The molecule has 1 saturated heterocycles. The van der Waals surface area contributed by atoms with Gasteiger partial charge in [-0.1, -0.05) is 37.3 Å². The smallest absolute Gasteiger partial charge is 0.120 e. The fraction of sp³-hybridized carbons (Fsp3) is 0.500. The van der Waals surface area contributed by atoms with Crippen molar-refractivity contribution in [3.8, 4) is 0 Å². The highest BCUT2D eigenvalue weighted by Crippen LogP contribution is 2.38. The second kappa shape index (κ2) is 4.77. The average molecular weight is 234 g/mol. The number of aliphatic hydroxyl groups is 1. The SMILES string of the molecule is [CH2-]N1CC(C)C(O)(c2ccccc2)C(OC)C1. The Bertz CT molecular complexity index is 368. The van der Waals surface area contributed by atoms with E-state index in [9.17, 15) is 5.11 Å². The predicted molar refractivity (Wildman–Crippen MR) is 67.2 cm³/mol. The molecule has 0 aliphatic carbocycles. The molecule has 1 N–H and O–H groups in total. The Labute approximate surface area is 103 Å². The predicted octanol–water partition coefficient (Wildman–Crippen LogP) is 1.63. The van der Waals surface area contributed by atoms with Gasteiger partial charge in [0.15, 0.2) is 0 Å². The van der Waals surface area contributed by atoms with E-state index in [1.807, 2.05) is 42.2 Å². The van der Waals surface area contributed by atoms with Crippen LogP contribution in [0.3, 0.4) is 0 Å². The normalized spacial score (nSPS) is 34.8. The Morgan fingerprint density at radius 3 is 2.59 bits per heavy atom. The van der Waals surface area contributed by atoms with Crippen molar-refractivity contribution in [2.45, 2.75) is 18.6 Å². The molecular formula is C14H20NO2-. The van der Waals surface area contributed by atoms with Crippen LogP contribution in [0.1, 0.15) is 12.5 Å². The Kier molecular flexibility index (Phi) is 3.52. The third-order valence-electron chi connectivity index (χ3n) is 3.72. The van der Waals surface area contributed by atoms with Crippen LogP contribution in [0, 0.1) is 13.0 Å². The third-order valence-corrected chi connectivity index (χ3v) is 3.72. The molecule has 0 radical (unpaired) electrons. The summed E-state index contributed by atoms with van der Waals surface area (Å²) in [6.07, 6.45) is -0.244. The molecule has 3 unspecified atom stereocenters. The van der Waals surface area contributed by atoms with Crippen molar-refractivity contribution in [2.75, 3.05) is 20.2 Å². The quantitative estimate of drug-likeness (QED) is 0.790. The van der Waals surface area contributed by atoms with Gasteiger partial charge in [0.05, 0.1) is 0 Å². The van der Waals surface area contributed by atoms with E-state index in [0.29, 0.717) is 6.54 Å². The lowest BCUT2D eigenvalue weighted by Gasteiger charge is -2.50. The van der Waals surface area contributed by atoms with E-state index < -0.39 is 5.60 Å². The zero-order chi connectivity index (χ0) is 12.5. The number of ether oxygens (including phenoxy) is 1. The molecule has 0 bridgehead atoms. The number of benzene rings is 1. The minimum absolute atomic E-state index is 0.0844. The average Bonchev–Trinajstić information content (AvgIpc) is 2.34. The van der Waals surface area contributed by atoms with Gasteiger partial charge >= 0.3 is 0 Å². The Morgan fingerprint density at radius 2 is 2.00 bits per heavy atom. The molecule has 0 amide bonds. The van der Waals surface area contributed by atoms with Crippen LogP contribution in [0.15, 0.2) is 30.3 Å². The van der Waals surface area contributed by atoms with E-state index in [1.54, 1.807) is 7.11 Å². The zero-order valence-electron chi connectivity index (χ0n) is 10.5. The van der Waals surface area contributed by atoms with Gasteiger partial charge in [-0.3, -0.25) is 7.05 Å². The standard InChI is InChI=1S/C14H20NO2/c1-11-9-15(2)10-13(17-3)14(11,16)12-7-5-4-6-8-12/h4-8,11,13,16H,2,9-10H2,1,3H3/q-1. The third kappa shape index (κ3) is 2.10. The first-order valence-corrected chi connectivity index (χ1v) is 5.95. The van der Waals surface area contributed by atoms with Crippen LogP contribution in [0.4, 0.5) is 0 Å². The highest BCUT2D eigenvalue weighted by atomic mass is 16.5. The summed E-state index contributed by atoms with van der Waals surface area (Å²) in [5.41, 5.74) is -0.00282. The van der Waals surface area contributed by atoms with E-state index >= 15 is 0 Å². The van der Waals surface area contributed by atoms with E-state index in [4.69, 9.17) is 4.74 Å². The Hall–Kier alpha value is -0.900. The van der Waals surface area contributed by atoms with E-state index in [-0.39, 0.29) is 12.0 Å². The van der Waals surface area contributed by atoms with Crippen LogP contribution in [-0.2, 0) is 10.3 Å². The van der Waals surface area contributed by atoms with Gasteiger partial charge in [0, 0.05) is 13.0 Å². The highest BCUT2D eigenvalue weighted by molar-refractivity contribution is 5.26. The molecule has 1 aromatic carbocycles. The van der Waals surface area contributed by atoms with Crippen LogP contribution >= 0.6 is 0 Å². The molecular weight excluding hydrogens is 214 g/mol. The zero-order valence-corrected chi connectivity index (χ0v) is 10.5. The summed E-state index contributed by atoms with van der Waals surface area (Å²) in [6, 6.07) is 9.77. The molecule has 94 valence electrons. The summed E-state index contributed by atoms with van der Waals surface area (Å²) in [7, 11) is 5.59. The van der Waals surface area contributed by atoms with Gasteiger partial charge in [0.25, 0.3) is 0 Å². The molecule has 17 heavy (non-hydrogen) atoms. The number of piperidine rings is 1. The molecule has 3 nitrogen and oxygen atoms in total. The largest absolute Gasteiger partial charge is 0.457 e. The summed E-state index contributed by atoms with van der Waals surface area (Å²) >= 11 is 0. The van der Waals surface area contributed by atoms with E-state index in [2.05, 4.69) is 7.05 Å². The number of hydrogen-bond donors (Lipinski definition) is 1. The molecule has 1 aliphatic heterocycles. The topological polar surface area (TPSA) is 32.7 Å². The van der Waals surface area contributed by atoms with Crippen molar-refractivity contribution < 1.29 is 9.84 Å². The van der Waals surface area contributed by atoms with Crippen molar-refractivity contribution in [3.05, 3.63) is 42.9 Å². The van der Waals surface area contributed by atoms with Gasteiger partial charge < -0.3 is 14.7 Å². The van der Waals surface area contributed by atoms with Crippen molar-refractivity contribution >= 4 is 0 Å². The van der Waals surface area contributed by atoms with Gasteiger partial charge in [-0.15, -0.1) is 0 Å². The Balaban J connectivity index is 2.38. The monoisotopic (exact) mass is 234 g/mol. The van der Waals surface area contributed by atoms with Gasteiger partial charge in [-0.25, -0.2) is 0 Å². The highest BCUT2D eigenvalue weighted by Gasteiger charge is 2.46. The maximum atomic E-state index is 11.0. The molecule has 2 rings (SSSR count). The molecule has 1 fully saturated rings. The molecule has 1 heterocycles. The van der Waals surface area contributed by atoms with E-state index in [0.717, 1.165) is 12.1 Å². The first-order chi connectivity index (χ1) is 8.09. The fourth-order valence-electron chi connectivity index (χ4n) is 2.72. The van der Waals surface area contributed by atoms with Crippen molar-refractivity contribution in [1.82, 2.24) is 4.90 Å². The lowest BCUT2D eigenvalue weighted by atomic mass is 9.75. The van der Waals surface area contributed by atoms with E-state index in [1.165, 1.54) is 0 Å². The van der Waals surface area contributed by atoms with Crippen molar-refractivity contribution in [3.63, 3.8) is 0 Å². The number of hydrogen-bond acceptors (Lipinski definition) is 3. The first-order valence-electron chi connectivity index (χ1n) is 5.95. The van der Waals surface area contributed by atoms with Crippen LogP contribution in [0.2, 0.25) is 0 Å². The molecule has 3 atom stereocenters. The summed E-state index contributed by atoms with van der Waals surface area (Å²) in [6.45, 7) is 3.45. The summed E-state index contributed by atoms with van der Waals surface area (Å²) in [4.78, 5) is 1.95. The maximum Gasteiger partial charge on any atom is 0.120 e. The second-order valence-electron chi connectivity index (χ2n) is 4.85. The molecule has 3 heteroatoms. The second-order valence-corrected chi connectivity index (χ2v) is 4.85. The molecule has 0 spiro atoms. The van der Waals surface area contributed by atoms with Crippen LogP contribution < -0.4 is 0 Å². The van der Waals surface area contributed by atoms with Crippen LogP contribution in [0.25, 0.3) is 0 Å². The van der Waals surface area contributed by atoms with Gasteiger partial charge in [-0.05, 0) is 18.7 Å². The van der Waals surface area contributed by atoms with Crippen molar-refractivity contribution in [1.29, 1.82) is 0 Å². The van der Waals surface area contributed by atoms with Gasteiger partial charge in [0.2, 0.25) is 0 Å². The van der Waals surface area contributed by atoms with Crippen LogP contribution in [0.5, 0.6) is 0 Å². The number of methoxy groups -OCH3 is 1.